The second-order valence-electron chi connectivity index (χ2n) is 7.87. The van der Waals surface area contributed by atoms with E-state index in [4.69, 9.17) is 24.4 Å². The highest BCUT2D eigenvalue weighted by Gasteiger charge is 2.31. The molecule has 1 aromatic heterocycles. The summed E-state index contributed by atoms with van der Waals surface area (Å²) in [5.74, 6) is -5.14. The molecule has 1 heterocycles. The Balaban J connectivity index is 1.86. The normalized spacial score (nSPS) is 11.9. The number of nitrogens with two attached hydrogens (primary N) is 1. The monoisotopic (exact) mass is 650 g/mol. The van der Waals surface area contributed by atoms with E-state index in [1.54, 1.807) is 0 Å². The molecule has 0 aliphatic rings. The van der Waals surface area contributed by atoms with Gasteiger partial charge in [-0.1, -0.05) is 12.1 Å². The number of benzene rings is 2. The molecule has 220 valence electrons. The van der Waals surface area contributed by atoms with Gasteiger partial charge in [-0.05, 0) is 40.2 Å². The highest BCUT2D eigenvalue weighted by Crippen LogP contribution is 2.36. The third-order valence-electron chi connectivity index (χ3n) is 5.11. The molecule has 0 aliphatic heterocycles. The van der Waals surface area contributed by atoms with Crippen LogP contribution in [0.25, 0.3) is 11.3 Å². The van der Waals surface area contributed by atoms with Crippen LogP contribution in [-0.2, 0) is 15.7 Å². The molecule has 0 fully saturated rings. The van der Waals surface area contributed by atoms with Crippen LogP contribution >= 0.6 is 15.9 Å². The van der Waals surface area contributed by atoms with E-state index in [0.717, 1.165) is 30.3 Å². The highest BCUT2D eigenvalue weighted by molar-refractivity contribution is 9.10. The number of amides is 3. The van der Waals surface area contributed by atoms with Crippen LogP contribution in [0.5, 0.6) is 5.75 Å². The molecule has 0 aliphatic carbocycles. The van der Waals surface area contributed by atoms with Crippen LogP contribution in [0.1, 0.15) is 27.9 Å². The smallest absolute Gasteiger partial charge is 0.416 e. The van der Waals surface area contributed by atoms with Gasteiger partial charge in [0, 0.05) is 12.6 Å². The SMILES string of the molecule is CNC(=O)OCCNC(=O)OCC(Oc1ccc(F)c(C(N)=O)c1F)c1nc(-c2ccc(C(F)(F)F)cc2)c(Br)o1. The van der Waals surface area contributed by atoms with Crippen molar-refractivity contribution in [1.29, 1.82) is 0 Å². The zero-order valence-corrected chi connectivity index (χ0v) is 22.4. The fraction of sp³-hybridized carbons (Fsp3) is 0.250. The van der Waals surface area contributed by atoms with Crippen molar-refractivity contribution in [2.45, 2.75) is 12.3 Å². The molecule has 0 radical (unpaired) electrons. The summed E-state index contributed by atoms with van der Waals surface area (Å²) in [7, 11) is 1.34. The lowest BCUT2D eigenvalue weighted by Gasteiger charge is -2.18. The summed E-state index contributed by atoms with van der Waals surface area (Å²) in [4.78, 5) is 38.9. The fourth-order valence-electron chi connectivity index (χ4n) is 3.18. The molecule has 2 aromatic carbocycles. The Labute approximate surface area is 236 Å². The van der Waals surface area contributed by atoms with Crippen molar-refractivity contribution in [1.82, 2.24) is 15.6 Å². The Hall–Kier alpha value is -4.41. The van der Waals surface area contributed by atoms with Crippen molar-refractivity contribution < 1.29 is 55.0 Å². The first-order chi connectivity index (χ1) is 19.3. The van der Waals surface area contributed by atoms with Crippen molar-refractivity contribution in [3.63, 3.8) is 0 Å². The average molecular weight is 651 g/mol. The quantitative estimate of drug-likeness (QED) is 0.211. The number of hydrogen-bond acceptors (Lipinski definition) is 8. The summed E-state index contributed by atoms with van der Waals surface area (Å²) in [6.07, 6.45) is -7.85. The summed E-state index contributed by atoms with van der Waals surface area (Å²) in [5.41, 5.74) is 3.26. The number of primary amides is 1. The Bertz CT molecular complexity index is 1420. The van der Waals surface area contributed by atoms with Crippen LogP contribution in [0.4, 0.5) is 31.5 Å². The maximum absolute atomic E-state index is 14.9. The molecule has 17 heteroatoms. The number of aromatic nitrogens is 1. The van der Waals surface area contributed by atoms with Crippen LogP contribution in [0.2, 0.25) is 0 Å². The number of alkyl halides is 3. The van der Waals surface area contributed by atoms with E-state index in [-0.39, 0.29) is 35.0 Å². The van der Waals surface area contributed by atoms with Crippen molar-refractivity contribution in [3.05, 3.63) is 69.7 Å². The number of hydrogen-bond donors (Lipinski definition) is 3. The van der Waals surface area contributed by atoms with Gasteiger partial charge in [0.25, 0.3) is 5.91 Å². The van der Waals surface area contributed by atoms with Gasteiger partial charge in [-0.15, -0.1) is 0 Å². The minimum Gasteiger partial charge on any atom is -0.474 e. The molecule has 41 heavy (non-hydrogen) atoms. The third kappa shape index (κ3) is 8.06. The molecule has 0 spiro atoms. The minimum atomic E-state index is -4.57. The summed E-state index contributed by atoms with van der Waals surface area (Å²) < 4.78 is 88.3. The predicted octanol–water partition coefficient (Wildman–Crippen LogP) is 4.70. The van der Waals surface area contributed by atoms with Gasteiger partial charge in [0.1, 0.15) is 30.3 Å². The van der Waals surface area contributed by atoms with Crippen LogP contribution in [-0.4, -0.2) is 49.9 Å². The lowest BCUT2D eigenvalue weighted by atomic mass is 10.1. The predicted molar refractivity (Wildman–Crippen MR) is 133 cm³/mol. The second kappa shape index (κ2) is 13.3. The van der Waals surface area contributed by atoms with E-state index in [1.165, 1.54) is 7.05 Å². The van der Waals surface area contributed by atoms with Crippen molar-refractivity contribution in [3.8, 4) is 17.0 Å². The molecular formula is C24H20BrF5N4O7. The zero-order chi connectivity index (χ0) is 30.3. The maximum atomic E-state index is 14.9. The molecule has 3 amide bonds. The van der Waals surface area contributed by atoms with Gasteiger partial charge in [0.2, 0.25) is 12.0 Å². The fourth-order valence-corrected chi connectivity index (χ4v) is 3.66. The number of nitrogens with one attached hydrogen (secondary N) is 2. The Morgan fingerprint density at radius 2 is 1.76 bits per heavy atom. The summed E-state index contributed by atoms with van der Waals surface area (Å²) in [6, 6.07) is 5.47. The van der Waals surface area contributed by atoms with Gasteiger partial charge in [-0.2, -0.15) is 13.2 Å². The van der Waals surface area contributed by atoms with Crippen LogP contribution in [0, 0.1) is 11.6 Å². The number of nitrogens with zero attached hydrogens (tertiary/aromatic N) is 1. The van der Waals surface area contributed by atoms with E-state index in [9.17, 15) is 36.3 Å². The number of carbonyl (C=O) groups is 3. The Morgan fingerprint density at radius 3 is 2.37 bits per heavy atom. The summed E-state index contributed by atoms with van der Waals surface area (Å²) >= 11 is 3.10. The lowest BCUT2D eigenvalue weighted by molar-refractivity contribution is -0.137. The van der Waals surface area contributed by atoms with Crippen molar-refractivity contribution in [2.75, 3.05) is 26.8 Å². The molecule has 11 nitrogen and oxygen atoms in total. The van der Waals surface area contributed by atoms with Crippen molar-refractivity contribution >= 4 is 34.0 Å². The third-order valence-corrected chi connectivity index (χ3v) is 5.65. The lowest BCUT2D eigenvalue weighted by Crippen LogP contribution is -2.31. The molecular weight excluding hydrogens is 631 g/mol. The van der Waals surface area contributed by atoms with Gasteiger partial charge in [-0.25, -0.2) is 23.4 Å². The molecule has 3 aromatic rings. The van der Waals surface area contributed by atoms with E-state index in [0.29, 0.717) is 6.07 Å². The van der Waals surface area contributed by atoms with Gasteiger partial charge < -0.3 is 35.0 Å². The standard InChI is InChI=1S/C24H20BrF5N4O7/c1-32-22(36)38-9-8-33-23(37)39-10-15(40-14-7-6-13(26)16(17(14)27)20(31)35)21-34-18(19(25)41-21)11-2-4-12(5-3-11)24(28,29)30/h2-7,15H,8-10H2,1H3,(H2,31,35)(H,32,36)(H,33,37). The van der Waals surface area contributed by atoms with Crippen molar-refractivity contribution in [2.24, 2.45) is 5.73 Å². The molecule has 3 rings (SSSR count). The molecule has 0 saturated heterocycles. The first-order valence-corrected chi connectivity index (χ1v) is 12.1. The molecule has 4 N–H and O–H groups in total. The number of ether oxygens (including phenoxy) is 3. The van der Waals surface area contributed by atoms with E-state index in [2.05, 4.69) is 31.5 Å². The van der Waals surface area contributed by atoms with Gasteiger partial charge in [-0.3, -0.25) is 4.79 Å². The maximum Gasteiger partial charge on any atom is 0.416 e. The second-order valence-corrected chi connectivity index (χ2v) is 8.59. The van der Waals surface area contributed by atoms with Crippen LogP contribution < -0.4 is 21.1 Å². The number of carbonyl (C=O) groups excluding carboxylic acids is 3. The largest absolute Gasteiger partial charge is 0.474 e. The molecule has 0 bridgehead atoms. The van der Waals surface area contributed by atoms with Gasteiger partial charge in [0.15, 0.2) is 16.2 Å². The average Bonchev–Trinajstić information content (AvgIpc) is 3.30. The van der Waals surface area contributed by atoms with Gasteiger partial charge in [0.05, 0.1) is 12.1 Å². The number of rotatable bonds is 10. The van der Waals surface area contributed by atoms with E-state index < -0.39 is 65.5 Å². The number of oxazole rings is 1. The first-order valence-electron chi connectivity index (χ1n) is 11.3. The summed E-state index contributed by atoms with van der Waals surface area (Å²) in [5, 5.41) is 4.48. The van der Waals surface area contributed by atoms with Crippen LogP contribution in [0.3, 0.4) is 0 Å². The number of halogens is 6. The minimum absolute atomic E-state index is 0.0236. The van der Waals surface area contributed by atoms with E-state index >= 15 is 0 Å². The topological polar surface area (TPSA) is 155 Å². The molecule has 1 atom stereocenters. The Kier molecular flexibility index (Phi) is 10.1. The van der Waals surface area contributed by atoms with Crippen LogP contribution in [0.15, 0.2) is 45.5 Å². The van der Waals surface area contributed by atoms with E-state index in [1.807, 2.05) is 0 Å². The molecule has 1 unspecified atom stereocenters. The number of alkyl carbamates (subject to hydrolysis) is 2. The summed E-state index contributed by atoms with van der Waals surface area (Å²) in [6.45, 7) is -1.03. The van der Waals surface area contributed by atoms with Gasteiger partial charge >= 0.3 is 18.4 Å². The first kappa shape index (κ1) is 31.1. The molecule has 0 saturated carbocycles. The zero-order valence-electron chi connectivity index (χ0n) is 20.8. The Morgan fingerprint density at radius 1 is 1.07 bits per heavy atom. The highest BCUT2D eigenvalue weighted by atomic mass is 79.9.